The quantitative estimate of drug-likeness (QED) is 0.758. The molecule has 3 nitrogen and oxygen atoms in total. The van der Waals surface area contributed by atoms with Gasteiger partial charge in [-0.1, -0.05) is 20.8 Å². The van der Waals surface area contributed by atoms with Gasteiger partial charge in [0.25, 0.3) is 0 Å². The van der Waals surface area contributed by atoms with Crippen molar-refractivity contribution in [1.29, 1.82) is 0 Å². The molecule has 102 valence electrons. The van der Waals surface area contributed by atoms with Crippen molar-refractivity contribution < 1.29 is 14.5 Å². The fraction of sp³-hybridized carbons (Fsp3) is 0.600. The van der Waals surface area contributed by atoms with E-state index in [1.165, 1.54) is 29.7 Å². The highest BCUT2D eigenvalue weighted by molar-refractivity contribution is 5.60. The van der Waals surface area contributed by atoms with Gasteiger partial charge >= 0.3 is 0 Å². The molecule has 0 aliphatic rings. The van der Waals surface area contributed by atoms with Crippen molar-refractivity contribution in [3.63, 3.8) is 0 Å². The maximum atomic E-state index is 8.89. The molecule has 0 saturated carbocycles. The van der Waals surface area contributed by atoms with Crippen LogP contribution >= 0.6 is 0 Å². The summed E-state index contributed by atoms with van der Waals surface area (Å²) < 4.78 is 2.31. The SMILES string of the molecule is CC(=O)[O-].CCCc1c(CC)cc(CC)c[n+]1C. The first-order valence-corrected chi connectivity index (χ1v) is 6.64. The summed E-state index contributed by atoms with van der Waals surface area (Å²) in [4.78, 5) is 8.89. The fourth-order valence-electron chi connectivity index (χ4n) is 1.97. The first-order chi connectivity index (χ1) is 8.46. The standard InChI is InChI=1S/C13H22N.C2H4O2/c1-5-8-13-12(7-3)9-11(6-2)10-14(13)4;1-2(3)4/h9-10H,5-8H2,1-4H3;1H3,(H,3,4)/q+1;/p-1. The van der Waals surface area contributed by atoms with E-state index in [2.05, 4.69) is 44.6 Å². The van der Waals surface area contributed by atoms with Gasteiger partial charge in [0.2, 0.25) is 0 Å². The summed E-state index contributed by atoms with van der Waals surface area (Å²) in [7, 11) is 2.17. The van der Waals surface area contributed by atoms with Crippen LogP contribution in [0.1, 0.15) is 50.9 Å². The van der Waals surface area contributed by atoms with Crippen LogP contribution in [0.25, 0.3) is 0 Å². The molecule has 1 heterocycles. The number of carbonyl (C=O) groups excluding carboxylic acids is 1. The lowest BCUT2D eigenvalue weighted by molar-refractivity contribution is -0.680. The Morgan fingerprint density at radius 2 is 1.83 bits per heavy atom. The maximum Gasteiger partial charge on any atom is 0.184 e. The first-order valence-electron chi connectivity index (χ1n) is 6.64. The molecule has 0 saturated heterocycles. The third kappa shape index (κ3) is 5.80. The first kappa shape index (κ1) is 16.6. The van der Waals surface area contributed by atoms with Crippen molar-refractivity contribution in [2.24, 2.45) is 7.05 Å². The molecule has 0 bridgehead atoms. The van der Waals surface area contributed by atoms with Gasteiger partial charge in [-0.25, -0.2) is 4.57 Å². The number of aliphatic carboxylic acids is 1. The van der Waals surface area contributed by atoms with E-state index >= 15 is 0 Å². The number of carboxylic acids is 1. The molecule has 0 aliphatic carbocycles. The molecule has 0 spiro atoms. The molecule has 1 rings (SSSR count). The minimum absolute atomic E-state index is 0.972. The van der Waals surface area contributed by atoms with Gasteiger partial charge in [0.05, 0.1) is 0 Å². The number of pyridine rings is 1. The van der Waals surface area contributed by atoms with Crippen LogP contribution in [0.5, 0.6) is 0 Å². The average molecular weight is 251 g/mol. The lowest BCUT2D eigenvalue weighted by atomic mass is 10.0. The van der Waals surface area contributed by atoms with Crippen molar-refractivity contribution in [2.75, 3.05) is 0 Å². The summed E-state index contributed by atoms with van der Waals surface area (Å²) in [6.45, 7) is 7.68. The Balaban J connectivity index is 0.000000631. The molecule has 0 N–H and O–H groups in total. The van der Waals surface area contributed by atoms with Gasteiger partial charge in [0, 0.05) is 23.5 Å². The van der Waals surface area contributed by atoms with E-state index in [9.17, 15) is 0 Å². The van der Waals surface area contributed by atoms with Crippen LogP contribution in [-0.2, 0) is 31.1 Å². The highest BCUT2D eigenvalue weighted by Gasteiger charge is 2.12. The Morgan fingerprint density at radius 1 is 1.28 bits per heavy atom. The van der Waals surface area contributed by atoms with Crippen molar-refractivity contribution in [3.05, 3.63) is 29.1 Å². The molecule has 18 heavy (non-hydrogen) atoms. The van der Waals surface area contributed by atoms with Gasteiger partial charge in [-0.15, -0.1) is 0 Å². The zero-order chi connectivity index (χ0) is 14.1. The van der Waals surface area contributed by atoms with Crippen molar-refractivity contribution >= 4 is 5.97 Å². The van der Waals surface area contributed by atoms with Gasteiger partial charge in [-0.05, 0) is 32.3 Å². The number of rotatable bonds is 4. The molecule has 0 unspecified atom stereocenters. The lowest BCUT2D eigenvalue weighted by Crippen LogP contribution is -2.35. The number of carbonyl (C=O) groups is 1. The number of nitrogens with zero attached hydrogens (tertiary/aromatic N) is 1. The fourth-order valence-corrected chi connectivity index (χ4v) is 1.97. The highest BCUT2D eigenvalue weighted by atomic mass is 16.4. The van der Waals surface area contributed by atoms with Crippen molar-refractivity contribution in [2.45, 2.75) is 53.4 Å². The van der Waals surface area contributed by atoms with E-state index in [-0.39, 0.29) is 0 Å². The van der Waals surface area contributed by atoms with Gasteiger partial charge in [-0.3, -0.25) is 0 Å². The van der Waals surface area contributed by atoms with E-state index in [1.807, 2.05) is 0 Å². The molecule has 3 heteroatoms. The van der Waals surface area contributed by atoms with Crippen LogP contribution in [0.2, 0.25) is 0 Å². The Kier molecular flexibility index (Phi) is 8.01. The smallest absolute Gasteiger partial charge is 0.184 e. The molecule has 0 amide bonds. The number of hydrogen-bond donors (Lipinski definition) is 0. The number of aryl methyl sites for hydroxylation is 3. The molecule has 0 atom stereocenters. The number of aromatic nitrogens is 1. The summed E-state index contributed by atoms with van der Waals surface area (Å²) in [5, 5.41) is 8.89. The highest BCUT2D eigenvalue weighted by Crippen LogP contribution is 2.10. The molecule has 0 fully saturated rings. The normalized spacial score (nSPS) is 9.61. The Hall–Kier alpha value is -1.38. The molecular weight excluding hydrogens is 226 g/mol. The maximum absolute atomic E-state index is 8.89. The average Bonchev–Trinajstić information content (AvgIpc) is 2.30. The summed E-state index contributed by atoms with van der Waals surface area (Å²) >= 11 is 0. The Labute approximate surface area is 110 Å². The number of carboxylic acid groups (broad SMARTS) is 1. The Morgan fingerprint density at radius 3 is 2.22 bits per heavy atom. The predicted octanol–water partition coefficient (Wildman–Crippen LogP) is 1.34. The lowest BCUT2D eigenvalue weighted by Gasteiger charge is -2.06. The van der Waals surface area contributed by atoms with E-state index in [0.29, 0.717) is 0 Å². The third-order valence-corrected chi connectivity index (χ3v) is 2.79. The second-order valence-corrected chi connectivity index (χ2v) is 4.38. The van der Waals surface area contributed by atoms with Gasteiger partial charge in [0.15, 0.2) is 11.9 Å². The Bertz CT molecular complexity index is 382. The van der Waals surface area contributed by atoms with E-state index in [0.717, 1.165) is 19.8 Å². The van der Waals surface area contributed by atoms with Crippen LogP contribution in [0.3, 0.4) is 0 Å². The van der Waals surface area contributed by atoms with Crippen LogP contribution < -0.4 is 9.67 Å². The van der Waals surface area contributed by atoms with Crippen molar-refractivity contribution in [3.8, 4) is 0 Å². The number of hydrogen-bond acceptors (Lipinski definition) is 2. The molecule has 0 aliphatic heterocycles. The third-order valence-electron chi connectivity index (χ3n) is 2.79. The molecule has 0 aromatic carbocycles. The monoisotopic (exact) mass is 251 g/mol. The summed E-state index contributed by atoms with van der Waals surface area (Å²) in [5.74, 6) is -1.08. The zero-order valence-corrected chi connectivity index (χ0v) is 12.2. The van der Waals surface area contributed by atoms with Gasteiger partial charge in [0.1, 0.15) is 7.05 Å². The molecular formula is C15H25NO2. The second-order valence-electron chi connectivity index (χ2n) is 4.38. The summed E-state index contributed by atoms with van der Waals surface area (Å²) in [6, 6.07) is 2.37. The van der Waals surface area contributed by atoms with Crippen LogP contribution in [0.4, 0.5) is 0 Å². The molecule has 1 aromatic rings. The molecule has 0 radical (unpaired) electrons. The van der Waals surface area contributed by atoms with Gasteiger partial charge in [-0.2, -0.15) is 0 Å². The van der Waals surface area contributed by atoms with Crippen LogP contribution in [-0.4, -0.2) is 5.97 Å². The summed E-state index contributed by atoms with van der Waals surface area (Å²) in [5.41, 5.74) is 4.48. The minimum atomic E-state index is -1.08. The van der Waals surface area contributed by atoms with E-state index < -0.39 is 5.97 Å². The van der Waals surface area contributed by atoms with E-state index in [4.69, 9.17) is 9.90 Å². The van der Waals surface area contributed by atoms with Crippen LogP contribution in [0, 0.1) is 0 Å². The topological polar surface area (TPSA) is 44.0 Å². The zero-order valence-electron chi connectivity index (χ0n) is 12.2. The summed E-state index contributed by atoms with van der Waals surface area (Å²) in [6.07, 6.45) is 6.98. The predicted molar refractivity (Wildman–Crippen MR) is 71.1 cm³/mol. The second kappa shape index (κ2) is 8.67. The van der Waals surface area contributed by atoms with Gasteiger partial charge < -0.3 is 9.90 Å². The van der Waals surface area contributed by atoms with E-state index in [1.54, 1.807) is 0 Å². The minimum Gasteiger partial charge on any atom is -0.550 e. The van der Waals surface area contributed by atoms with Crippen LogP contribution in [0.15, 0.2) is 12.3 Å². The van der Waals surface area contributed by atoms with Crippen molar-refractivity contribution in [1.82, 2.24) is 0 Å². The largest absolute Gasteiger partial charge is 0.550 e. The molecule has 1 aromatic heterocycles.